The fraction of sp³-hybridized carbons (Fsp3) is 0.929. The van der Waals surface area contributed by atoms with Crippen molar-refractivity contribution in [2.24, 2.45) is 5.41 Å². The summed E-state index contributed by atoms with van der Waals surface area (Å²) in [5.74, 6) is 0.403. The van der Waals surface area contributed by atoms with Gasteiger partial charge in [-0.2, -0.15) is 0 Å². The highest BCUT2D eigenvalue weighted by atomic mass is 16.2. The molecular weight excluding hydrogens is 212 g/mol. The summed E-state index contributed by atoms with van der Waals surface area (Å²) < 4.78 is 0. The maximum atomic E-state index is 12.7. The number of hydrogen-bond acceptors (Lipinski definition) is 2. The van der Waals surface area contributed by atoms with Crippen LogP contribution in [0.5, 0.6) is 0 Å². The van der Waals surface area contributed by atoms with Crippen LogP contribution in [0.4, 0.5) is 0 Å². The number of nitrogens with one attached hydrogen (secondary N) is 1. The predicted molar refractivity (Wildman–Crippen MR) is 69.9 cm³/mol. The summed E-state index contributed by atoms with van der Waals surface area (Å²) in [6.07, 6.45) is 6.94. The van der Waals surface area contributed by atoms with Crippen molar-refractivity contribution in [2.45, 2.75) is 58.4 Å². The van der Waals surface area contributed by atoms with E-state index in [1.54, 1.807) is 0 Å². The van der Waals surface area contributed by atoms with Gasteiger partial charge in [-0.3, -0.25) is 4.79 Å². The molecule has 0 radical (unpaired) electrons. The molecule has 1 unspecified atom stereocenters. The smallest absolute Gasteiger partial charge is 0.230 e. The van der Waals surface area contributed by atoms with E-state index in [0.717, 1.165) is 38.9 Å². The monoisotopic (exact) mass is 238 g/mol. The molecule has 0 aromatic carbocycles. The molecule has 1 amide bonds. The van der Waals surface area contributed by atoms with Crippen LogP contribution in [0.25, 0.3) is 0 Å². The molecule has 2 aliphatic rings. The van der Waals surface area contributed by atoms with Crippen molar-refractivity contribution in [3.8, 4) is 0 Å². The summed E-state index contributed by atoms with van der Waals surface area (Å²) in [4.78, 5) is 14.9. The van der Waals surface area contributed by atoms with Gasteiger partial charge in [-0.15, -0.1) is 0 Å². The molecule has 1 atom stereocenters. The van der Waals surface area contributed by atoms with Gasteiger partial charge in [0.1, 0.15) is 0 Å². The molecule has 1 saturated heterocycles. The van der Waals surface area contributed by atoms with Gasteiger partial charge in [0.2, 0.25) is 5.91 Å². The van der Waals surface area contributed by atoms with Gasteiger partial charge >= 0.3 is 0 Å². The molecule has 3 heteroatoms. The number of piperidine rings is 1. The standard InChI is InChI=1S/C14H26N2O/c1-3-4-10-16(12-6-7-12)13(17)14(2)8-5-9-15-11-14/h12,15H,3-11H2,1-2H3. The van der Waals surface area contributed by atoms with Crippen molar-refractivity contribution in [3.63, 3.8) is 0 Å². The Morgan fingerprint density at radius 2 is 2.24 bits per heavy atom. The first-order chi connectivity index (χ1) is 8.17. The van der Waals surface area contributed by atoms with Crippen LogP contribution in [0.1, 0.15) is 52.4 Å². The number of carbonyl (C=O) groups is 1. The highest BCUT2D eigenvalue weighted by molar-refractivity contribution is 5.83. The Morgan fingerprint density at radius 1 is 1.47 bits per heavy atom. The number of nitrogens with zero attached hydrogens (tertiary/aromatic N) is 1. The van der Waals surface area contributed by atoms with Crippen LogP contribution in [0.3, 0.4) is 0 Å². The highest BCUT2D eigenvalue weighted by Crippen LogP contribution is 2.34. The molecule has 1 saturated carbocycles. The third-order valence-electron chi connectivity index (χ3n) is 4.11. The Bertz CT molecular complexity index is 267. The second kappa shape index (κ2) is 5.38. The molecule has 1 aliphatic carbocycles. The molecule has 17 heavy (non-hydrogen) atoms. The van der Waals surface area contributed by atoms with Crippen LogP contribution in [0, 0.1) is 5.41 Å². The summed E-state index contributed by atoms with van der Waals surface area (Å²) >= 11 is 0. The van der Waals surface area contributed by atoms with E-state index in [9.17, 15) is 4.79 Å². The van der Waals surface area contributed by atoms with E-state index in [1.165, 1.54) is 19.3 Å². The molecule has 98 valence electrons. The first-order valence-electron chi connectivity index (χ1n) is 7.19. The summed E-state index contributed by atoms with van der Waals surface area (Å²) in [7, 11) is 0. The van der Waals surface area contributed by atoms with Gasteiger partial charge in [0.05, 0.1) is 5.41 Å². The fourth-order valence-corrected chi connectivity index (χ4v) is 2.75. The lowest BCUT2D eigenvalue weighted by Crippen LogP contribution is -2.51. The Labute approximate surface area is 105 Å². The molecule has 3 nitrogen and oxygen atoms in total. The van der Waals surface area contributed by atoms with Gasteiger partial charge in [0, 0.05) is 19.1 Å². The lowest BCUT2D eigenvalue weighted by atomic mass is 9.81. The van der Waals surface area contributed by atoms with Crippen molar-refractivity contribution in [1.29, 1.82) is 0 Å². The van der Waals surface area contributed by atoms with Crippen LogP contribution >= 0.6 is 0 Å². The normalized spacial score (nSPS) is 29.1. The molecule has 1 heterocycles. The number of unbranched alkanes of at least 4 members (excludes halogenated alkanes) is 1. The summed E-state index contributed by atoms with van der Waals surface area (Å²) in [6, 6.07) is 0.563. The largest absolute Gasteiger partial charge is 0.339 e. The minimum atomic E-state index is -0.144. The fourth-order valence-electron chi connectivity index (χ4n) is 2.75. The van der Waals surface area contributed by atoms with Crippen LogP contribution in [-0.2, 0) is 4.79 Å². The van der Waals surface area contributed by atoms with E-state index in [2.05, 4.69) is 24.1 Å². The molecule has 0 bridgehead atoms. The zero-order chi connectivity index (χ0) is 12.3. The Balaban J connectivity index is 1.98. The van der Waals surface area contributed by atoms with Gasteiger partial charge in [-0.1, -0.05) is 13.3 Å². The number of carbonyl (C=O) groups excluding carboxylic acids is 1. The zero-order valence-corrected chi connectivity index (χ0v) is 11.3. The number of hydrogen-bond donors (Lipinski definition) is 1. The number of amides is 1. The second-order valence-corrected chi connectivity index (χ2v) is 5.92. The van der Waals surface area contributed by atoms with Crippen molar-refractivity contribution >= 4 is 5.91 Å². The van der Waals surface area contributed by atoms with Gasteiger partial charge in [0.25, 0.3) is 0 Å². The van der Waals surface area contributed by atoms with E-state index in [1.807, 2.05) is 0 Å². The first kappa shape index (κ1) is 12.9. The molecule has 0 spiro atoms. The lowest BCUT2D eigenvalue weighted by molar-refractivity contribution is -0.143. The van der Waals surface area contributed by atoms with Gasteiger partial charge in [0.15, 0.2) is 0 Å². The van der Waals surface area contributed by atoms with Gasteiger partial charge in [-0.25, -0.2) is 0 Å². The minimum absolute atomic E-state index is 0.144. The number of rotatable bonds is 5. The molecule has 1 N–H and O–H groups in total. The van der Waals surface area contributed by atoms with E-state index < -0.39 is 0 Å². The van der Waals surface area contributed by atoms with Crippen LogP contribution < -0.4 is 5.32 Å². The van der Waals surface area contributed by atoms with Crippen molar-refractivity contribution in [3.05, 3.63) is 0 Å². The summed E-state index contributed by atoms with van der Waals surface area (Å²) in [5, 5.41) is 3.38. The molecule has 2 fully saturated rings. The Morgan fingerprint density at radius 3 is 2.76 bits per heavy atom. The van der Waals surface area contributed by atoms with E-state index in [0.29, 0.717) is 11.9 Å². The topological polar surface area (TPSA) is 32.3 Å². The average molecular weight is 238 g/mol. The molecule has 0 aromatic rings. The van der Waals surface area contributed by atoms with E-state index in [-0.39, 0.29) is 5.41 Å². The lowest BCUT2D eigenvalue weighted by Gasteiger charge is -2.37. The SMILES string of the molecule is CCCCN(C(=O)C1(C)CCCNC1)C1CC1. The summed E-state index contributed by atoms with van der Waals surface area (Å²) in [5.41, 5.74) is -0.144. The third-order valence-corrected chi connectivity index (χ3v) is 4.11. The van der Waals surface area contributed by atoms with Crippen LogP contribution in [0.15, 0.2) is 0 Å². The van der Waals surface area contributed by atoms with E-state index in [4.69, 9.17) is 0 Å². The molecule has 1 aliphatic heterocycles. The average Bonchev–Trinajstić information content (AvgIpc) is 3.15. The Kier molecular flexibility index (Phi) is 4.08. The zero-order valence-electron chi connectivity index (χ0n) is 11.3. The van der Waals surface area contributed by atoms with Crippen molar-refractivity contribution in [2.75, 3.05) is 19.6 Å². The third kappa shape index (κ3) is 3.01. The van der Waals surface area contributed by atoms with Crippen LogP contribution in [0.2, 0.25) is 0 Å². The highest BCUT2D eigenvalue weighted by Gasteiger charge is 2.42. The second-order valence-electron chi connectivity index (χ2n) is 5.92. The quantitative estimate of drug-likeness (QED) is 0.796. The van der Waals surface area contributed by atoms with Gasteiger partial charge in [-0.05, 0) is 45.6 Å². The maximum absolute atomic E-state index is 12.7. The van der Waals surface area contributed by atoms with Crippen molar-refractivity contribution < 1.29 is 4.79 Å². The van der Waals surface area contributed by atoms with Crippen LogP contribution in [-0.4, -0.2) is 36.5 Å². The Hall–Kier alpha value is -0.570. The minimum Gasteiger partial charge on any atom is -0.339 e. The summed E-state index contributed by atoms with van der Waals surface area (Å²) in [6.45, 7) is 7.24. The van der Waals surface area contributed by atoms with Gasteiger partial charge < -0.3 is 10.2 Å². The molecule has 0 aromatic heterocycles. The van der Waals surface area contributed by atoms with Crippen molar-refractivity contribution in [1.82, 2.24) is 10.2 Å². The predicted octanol–water partition coefficient (Wildman–Crippen LogP) is 2.17. The molecule has 2 rings (SSSR count). The molecular formula is C14H26N2O. The first-order valence-corrected chi connectivity index (χ1v) is 7.19. The maximum Gasteiger partial charge on any atom is 0.230 e. The van der Waals surface area contributed by atoms with E-state index >= 15 is 0 Å².